The van der Waals surface area contributed by atoms with Crippen LogP contribution in [0.15, 0.2) is 90.0 Å². The van der Waals surface area contributed by atoms with E-state index in [2.05, 4.69) is 20.7 Å². The third-order valence-corrected chi connectivity index (χ3v) is 7.54. The number of hydrogen-bond acceptors (Lipinski definition) is 7. The first-order valence-corrected chi connectivity index (χ1v) is 14.2. The van der Waals surface area contributed by atoms with Crippen LogP contribution in [0.1, 0.15) is 18.4 Å². The van der Waals surface area contributed by atoms with Crippen molar-refractivity contribution < 1.29 is 22.3 Å². The molecule has 9 nitrogen and oxygen atoms in total. The number of fused-ring (bicyclic) bond motifs is 1. The Morgan fingerprint density at radius 2 is 1.68 bits per heavy atom. The van der Waals surface area contributed by atoms with E-state index >= 15 is 0 Å². The van der Waals surface area contributed by atoms with Crippen molar-refractivity contribution in [3.8, 4) is 16.9 Å². The van der Waals surface area contributed by atoms with E-state index in [4.69, 9.17) is 4.74 Å². The molecule has 0 saturated carbocycles. The summed E-state index contributed by atoms with van der Waals surface area (Å²) in [6, 6.07) is 21.6. The molecule has 1 amide bonds. The van der Waals surface area contributed by atoms with Gasteiger partial charge in [0, 0.05) is 29.8 Å². The fourth-order valence-corrected chi connectivity index (χ4v) is 4.77. The molecule has 0 aliphatic heterocycles. The summed E-state index contributed by atoms with van der Waals surface area (Å²) < 4.78 is 43.9. The van der Waals surface area contributed by atoms with Crippen molar-refractivity contribution in [2.75, 3.05) is 24.0 Å². The second kappa shape index (κ2) is 10.8. The van der Waals surface area contributed by atoms with Crippen LogP contribution in [0.4, 0.5) is 21.7 Å². The number of methoxy groups -OCH3 is 1. The molecule has 5 aromatic rings. The molecule has 11 heteroatoms. The van der Waals surface area contributed by atoms with Gasteiger partial charge < -0.3 is 15.4 Å². The molecule has 0 fully saturated rings. The van der Waals surface area contributed by atoms with Crippen LogP contribution >= 0.6 is 0 Å². The lowest BCUT2D eigenvalue weighted by Crippen LogP contribution is -2.18. The monoisotopic (exact) mass is 559 g/mol. The Kier molecular flexibility index (Phi) is 7.22. The van der Waals surface area contributed by atoms with E-state index in [0.29, 0.717) is 28.7 Å². The second-order valence-electron chi connectivity index (χ2n) is 9.26. The smallest absolute Gasteiger partial charge is 0.247 e. The van der Waals surface area contributed by atoms with Gasteiger partial charge in [0.15, 0.2) is 15.5 Å². The van der Waals surface area contributed by atoms with Crippen LogP contribution < -0.4 is 15.4 Å². The molecule has 0 radical (unpaired) electrons. The molecular weight excluding hydrogens is 533 g/mol. The fourth-order valence-electron chi connectivity index (χ4n) is 4.13. The molecule has 2 heterocycles. The van der Waals surface area contributed by atoms with E-state index in [1.54, 1.807) is 29.6 Å². The van der Waals surface area contributed by atoms with Crippen LogP contribution in [0.2, 0.25) is 0 Å². The molecule has 2 aromatic heterocycles. The Morgan fingerprint density at radius 3 is 2.35 bits per heavy atom. The maximum atomic E-state index is 13.2. The van der Waals surface area contributed by atoms with E-state index in [0.717, 1.165) is 22.9 Å². The standard InChI is InChI=1S/C29H26FN5O4S/c1-18(19-4-9-22(30)10-5-19)28(36)31-23-11-6-20(7-12-23)21-8-15-27-33-29(34-35(27)17-21)32-25-14-13-24(40(3,37)38)16-26(25)39-2/h4-18H,1-3H3,(H,31,36)(H,32,34)/t18-/m0/s1. The molecule has 0 spiro atoms. The number of ether oxygens (including phenoxy) is 1. The van der Waals surface area contributed by atoms with E-state index in [1.165, 1.54) is 31.4 Å². The van der Waals surface area contributed by atoms with Crippen LogP contribution in [0.3, 0.4) is 0 Å². The van der Waals surface area contributed by atoms with Crippen LogP contribution in [-0.4, -0.2) is 42.3 Å². The van der Waals surface area contributed by atoms with Crippen LogP contribution in [0.5, 0.6) is 5.75 Å². The summed E-state index contributed by atoms with van der Waals surface area (Å²) in [5.41, 5.74) is 4.31. The minimum atomic E-state index is -3.38. The fraction of sp³-hybridized carbons (Fsp3) is 0.138. The Labute approximate surface area is 230 Å². The average molecular weight is 560 g/mol. The second-order valence-corrected chi connectivity index (χ2v) is 11.3. The molecular formula is C29H26FN5O4S. The first kappa shape index (κ1) is 26.8. The maximum absolute atomic E-state index is 13.2. The van der Waals surface area contributed by atoms with Crippen molar-refractivity contribution in [2.24, 2.45) is 0 Å². The lowest BCUT2D eigenvalue weighted by atomic mass is 10.00. The largest absolute Gasteiger partial charge is 0.495 e. The number of aromatic nitrogens is 3. The van der Waals surface area contributed by atoms with Gasteiger partial charge in [-0.05, 0) is 66.6 Å². The molecule has 0 saturated heterocycles. The third kappa shape index (κ3) is 5.79. The number of nitrogens with one attached hydrogen (secondary N) is 2. The van der Waals surface area contributed by atoms with Gasteiger partial charge in [-0.3, -0.25) is 4.79 Å². The summed E-state index contributed by atoms with van der Waals surface area (Å²) in [6.45, 7) is 1.77. The highest BCUT2D eigenvalue weighted by Gasteiger charge is 2.16. The van der Waals surface area contributed by atoms with Gasteiger partial charge in [-0.2, -0.15) is 4.98 Å². The molecule has 1 atom stereocenters. The van der Waals surface area contributed by atoms with Crippen LogP contribution in [0.25, 0.3) is 16.8 Å². The van der Waals surface area contributed by atoms with Gasteiger partial charge in [0.25, 0.3) is 0 Å². The van der Waals surface area contributed by atoms with E-state index in [9.17, 15) is 17.6 Å². The topological polar surface area (TPSA) is 115 Å². The molecule has 0 aliphatic carbocycles. The number of carbonyl (C=O) groups is 1. The number of amides is 1. The summed E-state index contributed by atoms with van der Waals surface area (Å²) in [5.74, 6) is -0.302. The Balaban J connectivity index is 1.30. The number of carbonyl (C=O) groups excluding carboxylic acids is 1. The third-order valence-electron chi connectivity index (χ3n) is 6.43. The van der Waals surface area contributed by atoms with Crippen molar-refractivity contribution in [1.82, 2.24) is 14.6 Å². The highest BCUT2D eigenvalue weighted by atomic mass is 32.2. The molecule has 40 heavy (non-hydrogen) atoms. The number of nitrogens with zero attached hydrogens (tertiary/aromatic N) is 3. The molecule has 204 valence electrons. The lowest BCUT2D eigenvalue weighted by molar-refractivity contribution is -0.117. The number of hydrogen-bond donors (Lipinski definition) is 2. The minimum absolute atomic E-state index is 0.149. The van der Waals surface area contributed by atoms with Gasteiger partial charge >= 0.3 is 0 Å². The van der Waals surface area contributed by atoms with Crippen LogP contribution in [-0.2, 0) is 14.6 Å². The van der Waals surface area contributed by atoms with Crippen molar-refractivity contribution in [1.29, 1.82) is 0 Å². The van der Waals surface area contributed by atoms with Gasteiger partial charge in [0.1, 0.15) is 11.6 Å². The van der Waals surface area contributed by atoms with E-state index < -0.39 is 15.8 Å². The van der Waals surface area contributed by atoms with Crippen molar-refractivity contribution in [3.63, 3.8) is 0 Å². The van der Waals surface area contributed by atoms with Gasteiger partial charge in [0.2, 0.25) is 11.9 Å². The van der Waals surface area contributed by atoms with Gasteiger partial charge in [-0.1, -0.05) is 24.3 Å². The highest BCUT2D eigenvalue weighted by molar-refractivity contribution is 7.90. The van der Waals surface area contributed by atoms with Gasteiger partial charge in [-0.25, -0.2) is 17.3 Å². The summed E-state index contributed by atoms with van der Waals surface area (Å²) in [4.78, 5) is 17.3. The first-order chi connectivity index (χ1) is 19.1. The van der Waals surface area contributed by atoms with Gasteiger partial charge in [-0.15, -0.1) is 5.10 Å². The number of pyridine rings is 1. The molecule has 0 bridgehead atoms. The Hall–Kier alpha value is -4.77. The predicted molar refractivity (Wildman–Crippen MR) is 151 cm³/mol. The van der Waals surface area contributed by atoms with Gasteiger partial charge in [0.05, 0.1) is 23.6 Å². The van der Waals surface area contributed by atoms with Crippen LogP contribution in [0, 0.1) is 5.82 Å². The predicted octanol–water partition coefficient (Wildman–Crippen LogP) is 5.43. The number of halogens is 1. The van der Waals surface area contributed by atoms with Crippen molar-refractivity contribution in [2.45, 2.75) is 17.7 Å². The molecule has 2 N–H and O–H groups in total. The highest BCUT2D eigenvalue weighted by Crippen LogP contribution is 2.30. The Bertz CT molecular complexity index is 1800. The molecule has 5 rings (SSSR count). The zero-order chi connectivity index (χ0) is 28.4. The quantitative estimate of drug-likeness (QED) is 0.260. The minimum Gasteiger partial charge on any atom is -0.495 e. The van der Waals surface area contributed by atoms with E-state index in [1.807, 2.05) is 42.6 Å². The lowest BCUT2D eigenvalue weighted by Gasteiger charge is -2.13. The number of anilines is 3. The normalized spacial score (nSPS) is 12.2. The van der Waals surface area contributed by atoms with Crippen molar-refractivity contribution >= 4 is 38.7 Å². The summed E-state index contributed by atoms with van der Waals surface area (Å²) in [5, 5.41) is 10.5. The summed E-state index contributed by atoms with van der Waals surface area (Å²) in [6.07, 6.45) is 2.97. The Morgan fingerprint density at radius 1 is 0.975 bits per heavy atom. The number of rotatable bonds is 8. The number of benzene rings is 3. The molecule has 0 unspecified atom stereocenters. The summed E-state index contributed by atoms with van der Waals surface area (Å²) >= 11 is 0. The zero-order valence-electron chi connectivity index (χ0n) is 21.9. The zero-order valence-corrected chi connectivity index (χ0v) is 22.7. The summed E-state index contributed by atoms with van der Waals surface area (Å²) in [7, 11) is -1.92. The van der Waals surface area contributed by atoms with E-state index in [-0.39, 0.29) is 16.6 Å². The molecule has 0 aliphatic rings. The SMILES string of the molecule is COc1cc(S(C)(=O)=O)ccc1Nc1nc2ccc(-c3ccc(NC(=O)[C@@H](C)c4ccc(F)cc4)cc3)cn2n1. The first-order valence-electron chi connectivity index (χ1n) is 12.3. The van der Waals surface area contributed by atoms with Crippen molar-refractivity contribution in [3.05, 3.63) is 96.4 Å². The number of sulfone groups is 1. The maximum Gasteiger partial charge on any atom is 0.247 e. The average Bonchev–Trinajstić information content (AvgIpc) is 3.34. The molecule has 3 aromatic carbocycles.